The third-order valence-electron chi connectivity index (χ3n) is 4.42. The van der Waals surface area contributed by atoms with Crippen LogP contribution in [-0.4, -0.2) is 4.98 Å². The molecular weight excluding hydrogens is 242 g/mol. The lowest BCUT2D eigenvalue weighted by Crippen LogP contribution is -2.09. The highest BCUT2D eigenvalue weighted by atomic mass is 14.7. The fourth-order valence-corrected chi connectivity index (χ4v) is 3.16. The Morgan fingerprint density at radius 2 is 1.70 bits per heavy atom. The summed E-state index contributed by atoms with van der Waals surface area (Å²) in [6.45, 7) is 2.12. The molecule has 0 saturated heterocycles. The molecule has 1 nitrogen and oxygen atoms in total. The quantitative estimate of drug-likeness (QED) is 0.745. The van der Waals surface area contributed by atoms with Gasteiger partial charge in [0.25, 0.3) is 0 Å². The summed E-state index contributed by atoms with van der Waals surface area (Å²) < 4.78 is 0. The molecule has 1 aliphatic carbocycles. The van der Waals surface area contributed by atoms with E-state index in [1.54, 1.807) is 0 Å². The molecule has 1 fully saturated rings. The van der Waals surface area contributed by atoms with Crippen molar-refractivity contribution < 1.29 is 0 Å². The summed E-state index contributed by atoms with van der Waals surface area (Å²) in [5.41, 5.74) is 4.98. The zero-order valence-corrected chi connectivity index (χ0v) is 12.3. The first kappa shape index (κ1) is 13.4. The van der Waals surface area contributed by atoms with Gasteiger partial charge >= 0.3 is 0 Å². The fourth-order valence-electron chi connectivity index (χ4n) is 3.16. The van der Waals surface area contributed by atoms with Crippen LogP contribution in [0.25, 0.3) is 11.3 Å². The van der Waals surface area contributed by atoms with Crippen molar-refractivity contribution in [1.29, 1.82) is 0 Å². The summed E-state index contributed by atoms with van der Waals surface area (Å²) in [6.07, 6.45) is 10.4. The first-order valence-corrected chi connectivity index (χ1v) is 7.83. The van der Waals surface area contributed by atoms with Crippen LogP contribution in [0.3, 0.4) is 0 Å². The number of rotatable bonds is 3. The van der Waals surface area contributed by atoms with E-state index in [0.717, 1.165) is 11.6 Å². The van der Waals surface area contributed by atoms with Crippen LogP contribution in [0.5, 0.6) is 0 Å². The lowest BCUT2D eigenvalue weighted by molar-refractivity contribution is 0.356. The van der Waals surface area contributed by atoms with E-state index in [4.69, 9.17) is 0 Å². The van der Waals surface area contributed by atoms with Crippen LogP contribution in [0.4, 0.5) is 0 Å². The van der Waals surface area contributed by atoms with Crippen molar-refractivity contribution in [2.45, 2.75) is 45.4 Å². The largest absolute Gasteiger partial charge is 0.256 e. The Morgan fingerprint density at radius 1 is 0.950 bits per heavy atom. The molecule has 0 unspecified atom stereocenters. The molecule has 1 heteroatoms. The molecule has 0 aliphatic heterocycles. The van der Waals surface area contributed by atoms with Crippen LogP contribution in [0, 0.1) is 12.8 Å². The minimum atomic E-state index is 0.885. The van der Waals surface area contributed by atoms with E-state index in [1.807, 2.05) is 0 Å². The maximum atomic E-state index is 4.64. The Morgan fingerprint density at radius 3 is 2.35 bits per heavy atom. The molecule has 104 valence electrons. The molecule has 0 atom stereocenters. The molecule has 1 heterocycles. The summed E-state index contributed by atoms with van der Waals surface area (Å²) in [5, 5.41) is 0. The number of aromatic nitrogens is 1. The van der Waals surface area contributed by atoms with Crippen LogP contribution in [0.15, 0.2) is 42.6 Å². The second kappa shape index (κ2) is 6.21. The average Bonchev–Trinajstić information content (AvgIpc) is 2.50. The van der Waals surface area contributed by atoms with Crippen molar-refractivity contribution in [2.75, 3.05) is 0 Å². The average molecular weight is 265 g/mol. The maximum Gasteiger partial charge on any atom is 0.0702 e. The molecule has 0 spiro atoms. The van der Waals surface area contributed by atoms with Gasteiger partial charge in [0.05, 0.1) is 5.69 Å². The van der Waals surface area contributed by atoms with Gasteiger partial charge in [0.1, 0.15) is 0 Å². The van der Waals surface area contributed by atoms with Crippen molar-refractivity contribution in [2.24, 2.45) is 5.92 Å². The molecule has 20 heavy (non-hydrogen) atoms. The zero-order valence-electron chi connectivity index (χ0n) is 12.3. The number of hydrogen-bond donors (Lipinski definition) is 0. The summed E-state index contributed by atoms with van der Waals surface area (Å²) >= 11 is 0. The van der Waals surface area contributed by atoms with Gasteiger partial charge in [-0.2, -0.15) is 0 Å². The van der Waals surface area contributed by atoms with Crippen molar-refractivity contribution in [3.05, 3.63) is 53.7 Å². The van der Waals surface area contributed by atoms with E-state index in [0.29, 0.717) is 0 Å². The normalized spacial score (nSPS) is 16.2. The SMILES string of the molecule is Cc1ccc(-c2ccc(CC3CCCCC3)cn2)cc1. The first-order chi connectivity index (χ1) is 9.81. The van der Waals surface area contributed by atoms with Crippen molar-refractivity contribution in [1.82, 2.24) is 4.98 Å². The molecule has 0 N–H and O–H groups in total. The predicted octanol–water partition coefficient (Wildman–Crippen LogP) is 5.18. The predicted molar refractivity (Wildman–Crippen MR) is 84.7 cm³/mol. The van der Waals surface area contributed by atoms with Gasteiger partial charge in [0.15, 0.2) is 0 Å². The lowest BCUT2D eigenvalue weighted by atomic mass is 9.85. The Labute approximate surface area is 122 Å². The van der Waals surface area contributed by atoms with Crippen molar-refractivity contribution in [3.63, 3.8) is 0 Å². The highest BCUT2D eigenvalue weighted by molar-refractivity contribution is 5.59. The molecule has 1 aliphatic rings. The van der Waals surface area contributed by atoms with Gasteiger partial charge in [0.2, 0.25) is 0 Å². The Balaban J connectivity index is 1.69. The number of nitrogens with zero attached hydrogens (tertiary/aromatic N) is 1. The van der Waals surface area contributed by atoms with Crippen LogP contribution >= 0.6 is 0 Å². The molecule has 1 saturated carbocycles. The molecule has 1 aromatic heterocycles. The van der Waals surface area contributed by atoms with Gasteiger partial charge in [-0.3, -0.25) is 4.98 Å². The highest BCUT2D eigenvalue weighted by Gasteiger charge is 2.14. The third-order valence-corrected chi connectivity index (χ3v) is 4.42. The summed E-state index contributed by atoms with van der Waals surface area (Å²) in [4.78, 5) is 4.64. The fraction of sp³-hybridized carbons (Fsp3) is 0.421. The zero-order chi connectivity index (χ0) is 13.8. The second-order valence-electron chi connectivity index (χ2n) is 6.13. The number of pyridine rings is 1. The van der Waals surface area contributed by atoms with E-state index < -0.39 is 0 Å². The smallest absolute Gasteiger partial charge is 0.0702 e. The topological polar surface area (TPSA) is 12.9 Å². The molecule has 0 amide bonds. The molecule has 1 aromatic carbocycles. The Hall–Kier alpha value is -1.63. The van der Waals surface area contributed by atoms with Crippen LogP contribution in [-0.2, 0) is 6.42 Å². The van der Waals surface area contributed by atoms with E-state index in [9.17, 15) is 0 Å². The molecule has 0 radical (unpaired) electrons. The van der Waals surface area contributed by atoms with Gasteiger partial charge < -0.3 is 0 Å². The molecule has 3 rings (SSSR count). The minimum absolute atomic E-state index is 0.885. The maximum absolute atomic E-state index is 4.64. The van der Waals surface area contributed by atoms with Crippen LogP contribution in [0.1, 0.15) is 43.2 Å². The Kier molecular flexibility index (Phi) is 4.15. The lowest BCUT2D eigenvalue weighted by Gasteiger charge is -2.21. The van der Waals surface area contributed by atoms with Crippen LogP contribution < -0.4 is 0 Å². The van der Waals surface area contributed by atoms with Crippen molar-refractivity contribution in [3.8, 4) is 11.3 Å². The first-order valence-electron chi connectivity index (χ1n) is 7.83. The van der Waals surface area contributed by atoms with E-state index in [-0.39, 0.29) is 0 Å². The van der Waals surface area contributed by atoms with Gasteiger partial charge in [-0.15, -0.1) is 0 Å². The van der Waals surface area contributed by atoms with E-state index in [1.165, 1.54) is 55.2 Å². The van der Waals surface area contributed by atoms with E-state index >= 15 is 0 Å². The van der Waals surface area contributed by atoms with Crippen LogP contribution in [0.2, 0.25) is 0 Å². The summed E-state index contributed by atoms with van der Waals surface area (Å²) in [7, 11) is 0. The number of benzene rings is 1. The van der Waals surface area contributed by atoms with Crippen molar-refractivity contribution >= 4 is 0 Å². The molecule has 0 bridgehead atoms. The summed E-state index contributed by atoms with van der Waals surface area (Å²) in [6, 6.07) is 13.0. The third kappa shape index (κ3) is 3.27. The summed E-state index contributed by atoms with van der Waals surface area (Å²) in [5.74, 6) is 0.885. The van der Waals surface area contributed by atoms with Gasteiger partial charge in [-0.05, 0) is 30.9 Å². The monoisotopic (exact) mass is 265 g/mol. The molecule has 2 aromatic rings. The minimum Gasteiger partial charge on any atom is -0.256 e. The highest BCUT2D eigenvalue weighted by Crippen LogP contribution is 2.27. The Bertz CT molecular complexity index is 533. The van der Waals surface area contributed by atoms with Gasteiger partial charge in [0, 0.05) is 11.8 Å². The standard InChI is InChI=1S/C19H23N/c1-15-7-10-18(11-8-15)19-12-9-17(14-20-19)13-16-5-3-2-4-6-16/h7-12,14,16H,2-6,13H2,1H3. The van der Waals surface area contributed by atoms with Gasteiger partial charge in [-0.25, -0.2) is 0 Å². The number of hydrogen-bond acceptors (Lipinski definition) is 1. The second-order valence-corrected chi connectivity index (χ2v) is 6.13. The van der Waals surface area contributed by atoms with Gasteiger partial charge in [-0.1, -0.05) is 68.0 Å². The molecular formula is C19H23N. The van der Waals surface area contributed by atoms with E-state index in [2.05, 4.69) is 54.5 Å². The number of aryl methyl sites for hydroxylation is 1.